The maximum Gasteiger partial charge on any atom is 0.416 e. The van der Waals surface area contributed by atoms with Gasteiger partial charge in [0.2, 0.25) is 0 Å². The van der Waals surface area contributed by atoms with Gasteiger partial charge in [-0.05, 0) is 204 Å². The highest BCUT2D eigenvalue weighted by Gasteiger charge is 2.30. The number of nitrogens with zero attached hydrogens (tertiary/aromatic N) is 13. The average Bonchev–Trinajstić information content (AvgIpc) is 1.73. The van der Waals surface area contributed by atoms with E-state index in [0.29, 0.717) is 26.9 Å². The van der Waals surface area contributed by atoms with E-state index >= 15 is 0 Å². The molecule has 0 unspecified atom stereocenters. The molecule has 3 aliphatic heterocycles. The third kappa shape index (κ3) is 14.3. The first-order chi connectivity index (χ1) is 47.1. The molecule has 0 bridgehead atoms. The second-order valence-electron chi connectivity index (χ2n) is 25.2. The van der Waals surface area contributed by atoms with E-state index in [1.54, 1.807) is 51.9 Å². The minimum Gasteiger partial charge on any atom is -0.344 e. The van der Waals surface area contributed by atoms with E-state index in [-0.39, 0.29) is 16.7 Å². The summed E-state index contributed by atoms with van der Waals surface area (Å²) in [6, 6.07) is 48.8. The van der Waals surface area contributed by atoms with Crippen LogP contribution in [-0.2, 0) is 32.9 Å². The summed E-state index contributed by atoms with van der Waals surface area (Å²) in [7, 11) is 2.04. The molecular formula is C76H72Cl2F3N13O3. The Hall–Kier alpha value is -9.63. The number of hydrogen-bond donors (Lipinski definition) is 0. The number of pyridine rings is 3. The Morgan fingerprint density at radius 1 is 0.402 bits per heavy atom. The Labute approximate surface area is 567 Å². The topological polar surface area (TPSA) is 134 Å². The molecule has 0 aliphatic carbocycles. The molecule has 3 saturated heterocycles. The Bertz CT molecular complexity index is 5180. The average molecular weight is 1340 g/mol. The summed E-state index contributed by atoms with van der Waals surface area (Å²) >= 11 is 12.3. The van der Waals surface area contributed by atoms with Crippen molar-refractivity contribution >= 4 is 66.8 Å². The first kappa shape index (κ1) is 64.7. The molecule has 16 rings (SSSR count). The van der Waals surface area contributed by atoms with Crippen molar-refractivity contribution in [3.8, 4) is 50.6 Å². The zero-order chi connectivity index (χ0) is 66.7. The number of fused-ring (bicyclic) bond motifs is 4. The third-order valence-corrected chi connectivity index (χ3v) is 19.5. The molecule has 0 spiro atoms. The van der Waals surface area contributed by atoms with Gasteiger partial charge in [0.25, 0.3) is 16.7 Å². The van der Waals surface area contributed by atoms with Crippen molar-refractivity contribution in [2.75, 3.05) is 58.9 Å². The molecule has 0 radical (unpaired) electrons. The molecule has 21 heteroatoms. The molecule has 10 heterocycles. The lowest BCUT2D eigenvalue weighted by atomic mass is 10.0. The van der Waals surface area contributed by atoms with Gasteiger partial charge in [-0.2, -0.15) is 28.5 Å². The van der Waals surface area contributed by atoms with Crippen LogP contribution in [0.3, 0.4) is 0 Å². The zero-order valence-corrected chi connectivity index (χ0v) is 55.2. The fourth-order valence-corrected chi connectivity index (χ4v) is 14.2. The highest BCUT2D eigenvalue weighted by Crippen LogP contribution is 2.33. The number of aromatic nitrogens is 10. The van der Waals surface area contributed by atoms with Crippen LogP contribution in [0, 0.1) is 0 Å². The van der Waals surface area contributed by atoms with Crippen molar-refractivity contribution in [1.82, 2.24) is 62.3 Å². The summed E-state index contributed by atoms with van der Waals surface area (Å²) in [5.41, 5.74) is 10.2. The van der Waals surface area contributed by atoms with E-state index in [9.17, 15) is 27.6 Å². The first-order valence-corrected chi connectivity index (χ1v) is 33.8. The lowest BCUT2D eigenvalue weighted by molar-refractivity contribution is -0.137. The monoisotopic (exact) mass is 1340 g/mol. The number of likely N-dealkylation sites (tertiary alicyclic amines) is 3. The minimum absolute atomic E-state index is 0.0430. The van der Waals surface area contributed by atoms with E-state index in [2.05, 4.69) is 63.5 Å². The van der Waals surface area contributed by atoms with Gasteiger partial charge in [0.1, 0.15) is 0 Å². The normalized spacial score (nSPS) is 14.7. The lowest BCUT2D eigenvalue weighted by Gasteiger charge is -2.14. The second kappa shape index (κ2) is 28.2. The number of rotatable bonds is 15. The Kier molecular flexibility index (Phi) is 18.8. The van der Waals surface area contributed by atoms with E-state index < -0.39 is 11.7 Å². The first-order valence-electron chi connectivity index (χ1n) is 33.1. The van der Waals surface area contributed by atoms with Crippen LogP contribution in [-0.4, -0.2) is 121 Å². The van der Waals surface area contributed by atoms with Gasteiger partial charge < -0.3 is 19.3 Å². The molecule has 16 nitrogen and oxygen atoms in total. The number of alkyl halides is 3. The SMILES string of the molecule is Cn1c(-c2ccn(-c3ccc4c(cnn4CCN4CCCC4)c3)c(=O)c2)cc2ccccc21.O=c1cc(-c2ccc(C(F)(F)F)cc2)ccn1-c1ccc2c(cnn2CCN2CCCC2)c1.O=c1cc(-c2ccc(Cl)cc2Cl)ccn1-c1ccc2c(cnn2CCN2CCCC2)c1. The van der Waals surface area contributed by atoms with Gasteiger partial charge in [0.15, 0.2) is 0 Å². The van der Waals surface area contributed by atoms with Gasteiger partial charge >= 0.3 is 6.18 Å². The highest BCUT2D eigenvalue weighted by molar-refractivity contribution is 6.36. The van der Waals surface area contributed by atoms with Crippen molar-refractivity contribution in [2.45, 2.75) is 64.3 Å². The van der Waals surface area contributed by atoms with Crippen LogP contribution in [0.1, 0.15) is 44.1 Å². The molecule has 7 aromatic heterocycles. The van der Waals surface area contributed by atoms with Crippen molar-refractivity contribution in [2.24, 2.45) is 7.05 Å². The van der Waals surface area contributed by atoms with Crippen LogP contribution in [0.25, 0.3) is 94.2 Å². The second-order valence-corrected chi connectivity index (χ2v) is 26.0. The number of hydrogen-bond acceptors (Lipinski definition) is 9. The van der Waals surface area contributed by atoms with Crippen LogP contribution in [0.2, 0.25) is 10.0 Å². The van der Waals surface area contributed by atoms with Crippen molar-refractivity contribution < 1.29 is 13.2 Å². The molecule has 3 fully saturated rings. The molecule has 3 aliphatic rings. The van der Waals surface area contributed by atoms with Crippen molar-refractivity contribution in [3.05, 3.63) is 248 Å². The Morgan fingerprint density at radius 2 is 0.825 bits per heavy atom. The largest absolute Gasteiger partial charge is 0.416 e. The number of benzene rings is 6. The van der Waals surface area contributed by atoms with Gasteiger partial charge in [0, 0.05) is 134 Å². The molecule has 0 saturated carbocycles. The molecule has 13 aromatic rings. The summed E-state index contributed by atoms with van der Waals surface area (Å²) in [5.74, 6) is 0. The van der Waals surface area contributed by atoms with Crippen LogP contribution < -0.4 is 16.7 Å². The van der Waals surface area contributed by atoms with Crippen LogP contribution in [0.4, 0.5) is 13.2 Å². The Balaban J connectivity index is 0.000000125. The van der Waals surface area contributed by atoms with Gasteiger partial charge in [-0.3, -0.25) is 42.1 Å². The fraction of sp³-hybridized carbons (Fsp3) is 0.263. The molecule has 6 aromatic carbocycles. The van der Waals surface area contributed by atoms with Crippen molar-refractivity contribution in [3.63, 3.8) is 0 Å². The summed E-state index contributed by atoms with van der Waals surface area (Å²) < 4.78 is 51.5. The van der Waals surface area contributed by atoms with Crippen LogP contribution in [0.15, 0.2) is 215 Å². The standard InChI is InChI=1S/C27H27N5O.C25H23F3N4O.C24H22Cl2N4O/c1-29-24-7-3-2-6-20(24)17-26(29)21-10-13-31(27(33)18-21)23-8-9-25-22(16-23)19-28-32(25)15-14-30-11-4-5-12-30;26-25(27,28)21-5-3-18(4-6-21)19-9-12-31(24(33)16-19)22-7-8-23-20(15-22)17-29-32(23)14-13-30-10-1-2-11-30;25-19-3-5-21(22(26)15-19)17-7-10-29(24(31)14-17)20-4-6-23-18(13-20)16-27-30(23)12-11-28-8-1-2-9-28/h2-3,6-10,13,16-19H,4-5,11-12,14-15H2,1H3;3-9,12,15-17H,1-2,10-11,13-14H2;3-7,10,13-16H,1-2,8-9,11-12H2. The molecular weight excluding hydrogens is 1270 g/mol. The number of aryl methyl sites for hydroxylation is 1. The van der Waals surface area contributed by atoms with Gasteiger partial charge in [0.05, 0.1) is 60.3 Å². The maximum atomic E-state index is 13.1. The van der Waals surface area contributed by atoms with E-state index in [1.165, 1.54) is 92.9 Å². The molecule has 97 heavy (non-hydrogen) atoms. The smallest absolute Gasteiger partial charge is 0.344 e. The summed E-state index contributed by atoms with van der Waals surface area (Å²) in [6.07, 6.45) is 14.2. The zero-order valence-electron chi connectivity index (χ0n) is 53.7. The highest BCUT2D eigenvalue weighted by atomic mass is 35.5. The van der Waals surface area contributed by atoms with Crippen LogP contribution in [0.5, 0.6) is 0 Å². The van der Waals surface area contributed by atoms with Crippen molar-refractivity contribution in [1.29, 1.82) is 0 Å². The summed E-state index contributed by atoms with van der Waals surface area (Å²) in [5, 5.41) is 19.0. The quantitative estimate of drug-likeness (QED) is 0.0983. The van der Waals surface area contributed by atoms with Gasteiger partial charge in [-0.15, -0.1) is 0 Å². The predicted molar refractivity (Wildman–Crippen MR) is 381 cm³/mol. The minimum atomic E-state index is -4.39. The number of halogens is 5. The Morgan fingerprint density at radius 3 is 1.26 bits per heavy atom. The molecule has 0 atom stereocenters. The summed E-state index contributed by atoms with van der Waals surface area (Å²) in [6.45, 7) is 12.7. The lowest BCUT2D eigenvalue weighted by Crippen LogP contribution is -2.24. The molecule has 494 valence electrons. The third-order valence-electron chi connectivity index (χ3n) is 19.0. The van der Waals surface area contributed by atoms with E-state index in [4.69, 9.17) is 23.2 Å². The number of para-hydroxylation sites is 1. The van der Waals surface area contributed by atoms with Gasteiger partial charge in [-0.25, -0.2) is 0 Å². The van der Waals surface area contributed by atoms with E-state index in [0.717, 1.165) is 136 Å². The predicted octanol–water partition coefficient (Wildman–Crippen LogP) is 14.7. The van der Waals surface area contributed by atoms with Gasteiger partial charge in [-0.1, -0.05) is 59.6 Å². The maximum absolute atomic E-state index is 13.1. The van der Waals surface area contributed by atoms with E-state index in [1.807, 2.05) is 120 Å². The summed E-state index contributed by atoms with van der Waals surface area (Å²) in [4.78, 5) is 46.1. The fourth-order valence-electron chi connectivity index (χ4n) is 13.7. The molecule has 0 amide bonds. The van der Waals surface area contributed by atoms with Crippen LogP contribution >= 0.6 is 23.2 Å². The molecule has 0 N–H and O–H groups in total.